The number of thioether (sulfide) groups is 1. The summed E-state index contributed by atoms with van der Waals surface area (Å²) < 4.78 is 26.2. The SMILES string of the molecule is CS(=O)(=O)N1CCCc2cc(C(=O)CSc3nnc(NC4CCCCC4)s3)ccc21. The van der Waals surface area contributed by atoms with Crippen molar-refractivity contribution in [1.29, 1.82) is 0 Å². The van der Waals surface area contributed by atoms with Gasteiger partial charge < -0.3 is 5.32 Å². The highest BCUT2D eigenvalue weighted by molar-refractivity contribution is 8.01. The van der Waals surface area contributed by atoms with Crippen molar-refractivity contribution in [3.63, 3.8) is 0 Å². The average molecular weight is 467 g/mol. The fourth-order valence-corrected chi connectivity index (χ4v) is 6.76. The van der Waals surface area contributed by atoms with Gasteiger partial charge in [0.2, 0.25) is 15.2 Å². The summed E-state index contributed by atoms with van der Waals surface area (Å²) in [4.78, 5) is 12.7. The quantitative estimate of drug-likeness (QED) is 0.487. The molecular weight excluding hydrogens is 440 g/mol. The second-order valence-corrected chi connectivity index (χ2v) is 12.0. The molecule has 0 amide bonds. The average Bonchev–Trinajstić information content (AvgIpc) is 3.18. The third-order valence-electron chi connectivity index (χ3n) is 5.54. The molecule has 1 aromatic carbocycles. The van der Waals surface area contributed by atoms with E-state index in [1.54, 1.807) is 12.1 Å². The number of carbonyl (C=O) groups is 1. The highest BCUT2D eigenvalue weighted by Gasteiger charge is 2.25. The minimum absolute atomic E-state index is 0.0104. The van der Waals surface area contributed by atoms with E-state index in [0.29, 0.717) is 23.8 Å². The molecule has 1 N–H and O–H groups in total. The molecule has 1 saturated carbocycles. The Morgan fingerprint density at radius 3 is 2.80 bits per heavy atom. The molecule has 2 heterocycles. The number of nitrogens with one attached hydrogen (secondary N) is 1. The van der Waals surface area contributed by atoms with Gasteiger partial charge in [0.05, 0.1) is 17.7 Å². The van der Waals surface area contributed by atoms with Crippen LogP contribution in [0.2, 0.25) is 0 Å². The summed E-state index contributed by atoms with van der Waals surface area (Å²) in [6.07, 6.45) is 8.94. The zero-order valence-corrected chi connectivity index (χ0v) is 19.4. The van der Waals surface area contributed by atoms with Crippen LogP contribution < -0.4 is 9.62 Å². The monoisotopic (exact) mass is 466 g/mol. The molecule has 1 aliphatic heterocycles. The number of hydrogen-bond acceptors (Lipinski definition) is 8. The van der Waals surface area contributed by atoms with Crippen LogP contribution >= 0.6 is 23.1 Å². The lowest BCUT2D eigenvalue weighted by Crippen LogP contribution is -2.34. The van der Waals surface area contributed by atoms with Gasteiger partial charge in [-0.2, -0.15) is 0 Å². The summed E-state index contributed by atoms with van der Waals surface area (Å²) in [6.45, 7) is 0.489. The van der Waals surface area contributed by atoms with E-state index in [9.17, 15) is 13.2 Å². The molecule has 7 nitrogen and oxygen atoms in total. The number of nitrogens with zero attached hydrogens (tertiary/aromatic N) is 3. The molecule has 0 bridgehead atoms. The van der Waals surface area contributed by atoms with Crippen molar-refractivity contribution in [2.45, 2.75) is 55.3 Å². The van der Waals surface area contributed by atoms with E-state index in [4.69, 9.17) is 0 Å². The van der Waals surface area contributed by atoms with Crippen molar-refractivity contribution in [3.8, 4) is 0 Å². The first-order valence-corrected chi connectivity index (χ1v) is 13.9. The first-order chi connectivity index (χ1) is 14.4. The van der Waals surface area contributed by atoms with E-state index in [1.165, 1.54) is 65.8 Å². The van der Waals surface area contributed by atoms with Crippen molar-refractivity contribution in [1.82, 2.24) is 10.2 Å². The van der Waals surface area contributed by atoms with E-state index >= 15 is 0 Å². The lowest BCUT2D eigenvalue weighted by atomic mass is 9.96. The van der Waals surface area contributed by atoms with Gasteiger partial charge in [0.1, 0.15) is 0 Å². The zero-order chi connectivity index (χ0) is 21.1. The number of aryl methyl sites for hydroxylation is 1. The number of carbonyl (C=O) groups excluding carboxylic acids is 1. The Morgan fingerprint density at radius 2 is 2.03 bits per heavy atom. The number of rotatable bonds is 7. The summed E-state index contributed by atoms with van der Waals surface area (Å²) in [7, 11) is -3.30. The van der Waals surface area contributed by atoms with Crippen molar-refractivity contribution >= 4 is 49.7 Å². The molecule has 1 fully saturated rings. The normalized spacial score (nSPS) is 17.6. The summed E-state index contributed by atoms with van der Waals surface area (Å²) >= 11 is 2.89. The molecular formula is C20H26N4O3S3. The summed E-state index contributed by atoms with van der Waals surface area (Å²) in [5, 5.41) is 12.7. The lowest BCUT2D eigenvalue weighted by Gasteiger charge is -2.29. The highest BCUT2D eigenvalue weighted by Crippen LogP contribution is 2.32. The third-order valence-corrected chi connectivity index (χ3v) is 8.71. The van der Waals surface area contributed by atoms with Crippen LogP contribution in [0.15, 0.2) is 22.5 Å². The van der Waals surface area contributed by atoms with Gasteiger partial charge in [0.15, 0.2) is 10.1 Å². The molecule has 0 unspecified atom stereocenters. The van der Waals surface area contributed by atoms with Gasteiger partial charge in [-0.25, -0.2) is 8.42 Å². The highest BCUT2D eigenvalue weighted by atomic mass is 32.2. The van der Waals surface area contributed by atoms with Crippen LogP contribution in [0.25, 0.3) is 0 Å². The Hall–Kier alpha value is -1.65. The topological polar surface area (TPSA) is 92.3 Å². The molecule has 162 valence electrons. The number of benzene rings is 1. The van der Waals surface area contributed by atoms with Crippen molar-refractivity contribution < 1.29 is 13.2 Å². The predicted molar refractivity (Wildman–Crippen MR) is 122 cm³/mol. The van der Waals surface area contributed by atoms with Gasteiger partial charge in [-0.05, 0) is 49.4 Å². The van der Waals surface area contributed by atoms with Crippen LogP contribution in [0.4, 0.5) is 10.8 Å². The molecule has 2 aliphatic rings. The smallest absolute Gasteiger partial charge is 0.232 e. The first kappa shape index (κ1) is 21.6. The number of hydrogen-bond donors (Lipinski definition) is 1. The molecule has 4 rings (SSSR count). The Labute approximate surface area is 185 Å². The maximum absolute atomic E-state index is 12.7. The van der Waals surface area contributed by atoms with Gasteiger partial charge in [-0.1, -0.05) is 42.4 Å². The maximum atomic E-state index is 12.7. The molecule has 1 aliphatic carbocycles. The minimum Gasteiger partial charge on any atom is -0.357 e. The van der Waals surface area contributed by atoms with Crippen LogP contribution in [0.3, 0.4) is 0 Å². The van der Waals surface area contributed by atoms with Gasteiger partial charge in [0, 0.05) is 18.2 Å². The van der Waals surface area contributed by atoms with E-state index in [-0.39, 0.29) is 11.5 Å². The summed E-state index contributed by atoms with van der Waals surface area (Å²) in [5.41, 5.74) is 2.22. The Bertz CT molecular complexity index is 1020. The second-order valence-electron chi connectivity index (χ2n) is 7.85. The van der Waals surface area contributed by atoms with Crippen LogP contribution in [0.5, 0.6) is 0 Å². The molecule has 0 radical (unpaired) electrons. The van der Waals surface area contributed by atoms with Crippen molar-refractivity contribution in [3.05, 3.63) is 29.3 Å². The van der Waals surface area contributed by atoms with Crippen molar-refractivity contribution in [2.24, 2.45) is 0 Å². The number of ketones is 1. The number of anilines is 2. The number of fused-ring (bicyclic) bond motifs is 1. The van der Waals surface area contributed by atoms with Crippen LogP contribution in [-0.2, 0) is 16.4 Å². The second kappa shape index (κ2) is 9.23. The van der Waals surface area contributed by atoms with Crippen LogP contribution in [0, 0.1) is 0 Å². The fourth-order valence-electron chi connectivity index (χ4n) is 4.04. The summed E-state index contributed by atoms with van der Waals surface area (Å²) in [6, 6.07) is 5.80. The third kappa shape index (κ3) is 5.15. The number of Topliss-reactive ketones (excluding diaryl/α,β-unsaturated/α-hetero) is 1. The zero-order valence-electron chi connectivity index (χ0n) is 17.0. The molecule has 0 atom stereocenters. The molecule has 30 heavy (non-hydrogen) atoms. The molecule has 10 heteroatoms. The Morgan fingerprint density at radius 1 is 1.23 bits per heavy atom. The van der Waals surface area contributed by atoms with Crippen molar-refractivity contribution in [2.75, 3.05) is 28.2 Å². The summed E-state index contributed by atoms with van der Waals surface area (Å²) in [5.74, 6) is 0.295. The van der Waals surface area contributed by atoms with E-state index in [0.717, 1.165) is 27.9 Å². The standard InChI is InChI=1S/C20H26N4O3S3/c1-30(26,27)24-11-5-6-14-12-15(9-10-17(14)24)18(25)13-28-20-23-22-19(29-20)21-16-7-3-2-4-8-16/h9-10,12,16H,2-8,11,13H2,1H3,(H,21,22). The molecule has 1 aromatic heterocycles. The maximum Gasteiger partial charge on any atom is 0.232 e. The Kier molecular flexibility index (Phi) is 6.64. The minimum atomic E-state index is -3.30. The number of sulfonamides is 1. The Balaban J connectivity index is 1.37. The van der Waals surface area contributed by atoms with Gasteiger partial charge in [-0.15, -0.1) is 10.2 Å². The molecule has 0 saturated heterocycles. The van der Waals surface area contributed by atoms with Crippen LogP contribution in [0.1, 0.15) is 54.4 Å². The van der Waals surface area contributed by atoms with Gasteiger partial charge >= 0.3 is 0 Å². The predicted octanol–water partition coefficient (Wildman–Crippen LogP) is 3.97. The van der Waals surface area contributed by atoms with Gasteiger partial charge in [-0.3, -0.25) is 9.10 Å². The van der Waals surface area contributed by atoms with E-state index < -0.39 is 10.0 Å². The largest absolute Gasteiger partial charge is 0.357 e. The fraction of sp³-hybridized carbons (Fsp3) is 0.550. The van der Waals surface area contributed by atoms with Crippen LogP contribution in [-0.4, -0.2) is 49.0 Å². The molecule has 2 aromatic rings. The lowest BCUT2D eigenvalue weighted by molar-refractivity contribution is 0.102. The molecule has 0 spiro atoms. The number of aromatic nitrogens is 2. The van der Waals surface area contributed by atoms with E-state index in [2.05, 4.69) is 15.5 Å². The first-order valence-electron chi connectivity index (χ1n) is 10.3. The van der Waals surface area contributed by atoms with Gasteiger partial charge in [0.25, 0.3) is 0 Å². The van der Waals surface area contributed by atoms with E-state index in [1.807, 2.05) is 6.07 Å².